The van der Waals surface area contributed by atoms with Crippen LogP contribution in [0.5, 0.6) is 0 Å². The second kappa shape index (κ2) is 34.5. The molecule has 1 heterocycles. The molecule has 1 aromatic carbocycles. The zero-order valence-electron chi connectivity index (χ0n) is 36.3. The number of carbonyl (C=O) groups is 2. The van der Waals surface area contributed by atoms with Crippen molar-refractivity contribution in [3.05, 3.63) is 35.9 Å². The van der Waals surface area contributed by atoms with Gasteiger partial charge in [0.1, 0.15) is 31.0 Å². The summed E-state index contributed by atoms with van der Waals surface area (Å²) >= 11 is 0. The van der Waals surface area contributed by atoms with Gasteiger partial charge in [0.05, 0.1) is 6.61 Å². The molecule has 0 bridgehead atoms. The SMILES string of the molecule is CCCCCCCCCCCCCCCCCCN(C(=O)NCCCCCCCCCCCCCC)[C@@H]1O[C@H](CO)[C@H](O)[C@H](O)[C@H]1NC(=O)OCc1ccccc1. The zero-order chi connectivity index (χ0) is 41.2. The van der Waals surface area contributed by atoms with Crippen LogP contribution in [0.2, 0.25) is 0 Å². The second-order valence-electron chi connectivity index (χ2n) is 16.6. The van der Waals surface area contributed by atoms with E-state index in [-0.39, 0.29) is 12.6 Å². The molecule has 0 aromatic heterocycles. The lowest BCUT2D eigenvalue weighted by molar-refractivity contribution is -0.222. The van der Waals surface area contributed by atoms with Gasteiger partial charge >= 0.3 is 12.1 Å². The van der Waals surface area contributed by atoms with Gasteiger partial charge in [-0.1, -0.05) is 211 Å². The average Bonchev–Trinajstić information content (AvgIpc) is 3.22. The lowest BCUT2D eigenvalue weighted by Gasteiger charge is -2.46. The molecule has 10 nitrogen and oxygen atoms in total. The van der Waals surface area contributed by atoms with Crippen molar-refractivity contribution in [3.8, 4) is 0 Å². The molecule has 5 N–H and O–H groups in total. The molecule has 0 radical (unpaired) electrons. The number of nitrogens with zero attached hydrogens (tertiary/aromatic N) is 1. The van der Waals surface area contributed by atoms with Crippen LogP contribution in [-0.4, -0.2) is 82.6 Å². The number of rotatable bonds is 35. The molecule has 0 unspecified atom stereocenters. The summed E-state index contributed by atoms with van der Waals surface area (Å²) in [4.78, 5) is 28.4. The number of ether oxygens (including phenoxy) is 2. The van der Waals surface area contributed by atoms with Crippen LogP contribution in [0.1, 0.15) is 199 Å². The summed E-state index contributed by atoms with van der Waals surface area (Å²) < 4.78 is 11.5. The molecule has 1 aromatic rings. The summed E-state index contributed by atoms with van der Waals surface area (Å²) in [6.45, 7) is 4.83. The van der Waals surface area contributed by atoms with Crippen LogP contribution in [0.4, 0.5) is 9.59 Å². The van der Waals surface area contributed by atoms with Gasteiger partial charge in [-0.15, -0.1) is 0 Å². The molecule has 5 atom stereocenters. The Balaban J connectivity index is 1.87. The van der Waals surface area contributed by atoms with Gasteiger partial charge in [0.15, 0.2) is 6.23 Å². The van der Waals surface area contributed by atoms with Crippen molar-refractivity contribution in [1.29, 1.82) is 0 Å². The first-order valence-electron chi connectivity index (χ1n) is 23.6. The molecular formula is C47H85N3O7. The molecule has 0 spiro atoms. The normalized spacial score (nSPS) is 19.4. The summed E-state index contributed by atoms with van der Waals surface area (Å²) in [5.74, 6) is 0. The molecule has 3 amide bonds. The van der Waals surface area contributed by atoms with E-state index < -0.39 is 43.3 Å². The average molecular weight is 804 g/mol. The van der Waals surface area contributed by atoms with E-state index in [0.717, 1.165) is 50.5 Å². The zero-order valence-corrected chi connectivity index (χ0v) is 36.3. The first-order chi connectivity index (χ1) is 27.9. The van der Waals surface area contributed by atoms with Crippen LogP contribution >= 0.6 is 0 Å². The van der Waals surface area contributed by atoms with Gasteiger partial charge in [0.25, 0.3) is 0 Å². The lowest BCUT2D eigenvalue weighted by atomic mass is 9.95. The Morgan fingerprint density at radius 3 is 1.53 bits per heavy atom. The van der Waals surface area contributed by atoms with Crippen LogP contribution in [0.15, 0.2) is 30.3 Å². The molecule has 1 saturated heterocycles. The number of hydrogen-bond donors (Lipinski definition) is 5. The first kappa shape index (κ1) is 50.7. The molecule has 1 fully saturated rings. The monoisotopic (exact) mass is 804 g/mol. The van der Waals surface area contributed by atoms with E-state index in [2.05, 4.69) is 24.5 Å². The Morgan fingerprint density at radius 2 is 1.07 bits per heavy atom. The van der Waals surface area contributed by atoms with E-state index in [1.807, 2.05) is 30.3 Å². The van der Waals surface area contributed by atoms with Gasteiger partial charge in [-0.05, 0) is 18.4 Å². The number of aliphatic hydroxyl groups excluding tert-OH is 3. The lowest BCUT2D eigenvalue weighted by Crippen LogP contribution is -2.69. The van der Waals surface area contributed by atoms with Crippen molar-refractivity contribution in [2.45, 2.75) is 231 Å². The minimum Gasteiger partial charge on any atom is -0.445 e. The maximum Gasteiger partial charge on any atom is 0.407 e. The maximum atomic E-state index is 13.8. The van der Waals surface area contributed by atoms with Crippen molar-refractivity contribution in [2.75, 3.05) is 19.7 Å². The van der Waals surface area contributed by atoms with Crippen LogP contribution < -0.4 is 10.6 Å². The predicted molar refractivity (Wildman–Crippen MR) is 232 cm³/mol. The smallest absolute Gasteiger partial charge is 0.407 e. The van der Waals surface area contributed by atoms with E-state index in [1.165, 1.54) is 140 Å². The second-order valence-corrected chi connectivity index (χ2v) is 16.6. The van der Waals surface area contributed by atoms with Crippen LogP contribution in [0, 0.1) is 0 Å². The molecule has 1 aliphatic rings. The third-order valence-electron chi connectivity index (χ3n) is 11.5. The van der Waals surface area contributed by atoms with Gasteiger partial charge in [0, 0.05) is 13.1 Å². The number of hydrogen-bond acceptors (Lipinski definition) is 7. The fourth-order valence-corrected chi connectivity index (χ4v) is 7.86. The molecule has 1 aliphatic heterocycles. The summed E-state index contributed by atoms with van der Waals surface area (Å²) in [7, 11) is 0. The fraction of sp³-hybridized carbons (Fsp3) is 0.830. The highest BCUT2D eigenvalue weighted by molar-refractivity contribution is 5.75. The van der Waals surface area contributed by atoms with Crippen LogP contribution in [0.3, 0.4) is 0 Å². The maximum absolute atomic E-state index is 13.8. The minimum atomic E-state index is -1.50. The Bertz CT molecular complexity index is 1100. The van der Waals surface area contributed by atoms with E-state index >= 15 is 0 Å². The summed E-state index contributed by atoms with van der Waals surface area (Å²) in [6.07, 6.45) is 28.6. The third-order valence-corrected chi connectivity index (χ3v) is 11.5. The van der Waals surface area contributed by atoms with E-state index in [0.29, 0.717) is 13.1 Å². The molecule has 0 saturated carbocycles. The van der Waals surface area contributed by atoms with E-state index in [9.17, 15) is 24.9 Å². The Labute approximate surface area is 347 Å². The number of nitrogens with one attached hydrogen (secondary N) is 2. The van der Waals surface area contributed by atoms with Gasteiger partial charge in [0.2, 0.25) is 0 Å². The highest BCUT2D eigenvalue weighted by Crippen LogP contribution is 2.25. The number of benzene rings is 1. The number of alkyl carbamates (subject to hydrolysis) is 1. The Morgan fingerprint density at radius 1 is 0.632 bits per heavy atom. The van der Waals surface area contributed by atoms with E-state index in [4.69, 9.17) is 9.47 Å². The topological polar surface area (TPSA) is 141 Å². The molecule has 10 heteroatoms. The molecule has 330 valence electrons. The molecular weight excluding hydrogens is 719 g/mol. The fourth-order valence-electron chi connectivity index (χ4n) is 7.86. The predicted octanol–water partition coefficient (Wildman–Crippen LogP) is 10.7. The number of unbranched alkanes of at least 4 members (excludes halogenated alkanes) is 26. The molecule has 0 aliphatic carbocycles. The third kappa shape index (κ3) is 23.7. The molecule has 2 rings (SSSR count). The van der Waals surface area contributed by atoms with Crippen molar-refractivity contribution in [1.82, 2.24) is 15.5 Å². The van der Waals surface area contributed by atoms with Crippen LogP contribution in [0.25, 0.3) is 0 Å². The summed E-state index contributed by atoms with van der Waals surface area (Å²) in [5.41, 5.74) is 0.798. The summed E-state index contributed by atoms with van der Waals surface area (Å²) in [6, 6.07) is 7.72. The van der Waals surface area contributed by atoms with Crippen molar-refractivity contribution < 1.29 is 34.4 Å². The van der Waals surface area contributed by atoms with Gasteiger partial charge in [-0.25, -0.2) is 9.59 Å². The summed E-state index contributed by atoms with van der Waals surface area (Å²) in [5, 5.41) is 37.8. The van der Waals surface area contributed by atoms with Gasteiger partial charge < -0.3 is 35.4 Å². The Kier molecular flexibility index (Phi) is 30.7. The van der Waals surface area contributed by atoms with Crippen molar-refractivity contribution in [3.63, 3.8) is 0 Å². The Hall–Kier alpha value is -2.40. The highest BCUT2D eigenvalue weighted by Gasteiger charge is 2.48. The highest BCUT2D eigenvalue weighted by atomic mass is 16.6. The van der Waals surface area contributed by atoms with Crippen LogP contribution in [-0.2, 0) is 16.1 Å². The van der Waals surface area contributed by atoms with E-state index in [1.54, 1.807) is 0 Å². The largest absolute Gasteiger partial charge is 0.445 e. The standard InChI is InChI=1S/C47H85N3O7/c1-3-5-7-9-11-13-15-17-18-19-20-22-24-26-28-33-37-50(46(54)48-36-32-27-25-23-21-16-14-12-10-8-6-4-2)45-42(44(53)43(52)41(38-51)57-45)49-47(55)56-39-40-34-30-29-31-35-40/h29-31,34-35,41-45,51-53H,3-28,32-33,36-39H2,1-2H3,(H,48,54)(H,49,55)/t41-,42-,43+,44-,45-/m1/s1. The number of carbonyl (C=O) groups excluding carboxylic acids is 2. The first-order valence-corrected chi connectivity index (χ1v) is 23.6. The minimum absolute atomic E-state index is 0.0191. The number of amides is 3. The quantitative estimate of drug-likeness (QED) is 0.0430. The van der Waals surface area contributed by atoms with Gasteiger partial charge in [-0.3, -0.25) is 4.90 Å². The molecule has 57 heavy (non-hydrogen) atoms. The van der Waals surface area contributed by atoms with Crippen molar-refractivity contribution >= 4 is 12.1 Å². The number of urea groups is 1. The van der Waals surface area contributed by atoms with Gasteiger partial charge in [-0.2, -0.15) is 0 Å². The number of aliphatic hydroxyl groups is 3. The van der Waals surface area contributed by atoms with Crippen molar-refractivity contribution in [2.24, 2.45) is 0 Å².